The van der Waals surface area contributed by atoms with Crippen LogP contribution in [0.2, 0.25) is 0 Å². The first-order valence-electron chi connectivity index (χ1n) is 3.73. The largest absolute Gasteiger partial charge is 0.355 e. The summed E-state index contributed by atoms with van der Waals surface area (Å²) in [6.07, 6.45) is 0. The third kappa shape index (κ3) is 1.48. The van der Waals surface area contributed by atoms with E-state index in [1.54, 1.807) is 0 Å². The van der Waals surface area contributed by atoms with Gasteiger partial charge < -0.3 is 10.6 Å². The SMILES string of the molecule is CC1NCCNC(=O)C1C. The van der Waals surface area contributed by atoms with Crippen molar-refractivity contribution in [3.63, 3.8) is 0 Å². The Bertz CT molecular complexity index is 136. The smallest absolute Gasteiger partial charge is 0.224 e. The fraction of sp³-hybridized carbons (Fsp3) is 0.857. The lowest BCUT2D eigenvalue weighted by atomic mass is 10.0. The maximum atomic E-state index is 11.1. The van der Waals surface area contributed by atoms with Crippen molar-refractivity contribution in [1.29, 1.82) is 0 Å². The average Bonchev–Trinajstić information content (AvgIpc) is 2.04. The Morgan fingerprint density at radius 3 is 2.80 bits per heavy atom. The molecule has 1 aliphatic heterocycles. The van der Waals surface area contributed by atoms with E-state index in [9.17, 15) is 4.79 Å². The van der Waals surface area contributed by atoms with Crippen LogP contribution in [0.15, 0.2) is 0 Å². The Morgan fingerprint density at radius 1 is 1.40 bits per heavy atom. The Kier molecular flexibility index (Phi) is 2.27. The molecule has 10 heavy (non-hydrogen) atoms. The van der Waals surface area contributed by atoms with Crippen molar-refractivity contribution in [3.05, 3.63) is 0 Å². The van der Waals surface area contributed by atoms with Gasteiger partial charge in [-0.3, -0.25) is 4.79 Å². The topological polar surface area (TPSA) is 41.1 Å². The number of carbonyl (C=O) groups excluding carboxylic acids is 1. The molecule has 0 aliphatic carbocycles. The highest BCUT2D eigenvalue weighted by atomic mass is 16.1. The highest BCUT2D eigenvalue weighted by Gasteiger charge is 2.21. The van der Waals surface area contributed by atoms with Gasteiger partial charge in [0.15, 0.2) is 0 Å². The summed E-state index contributed by atoms with van der Waals surface area (Å²) in [5.41, 5.74) is 0. The summed E-state index contributed by atoms with van der Waals surface area (Å²) in [4.78, 5) is 11.1. The number of nitrogens with one attached hydrogen (secondary N) is 2. The van der Waals surface area contributed by atoms with Crippen LogP contribution in [-0.4, -0.2) is 25.0 Å². The summed E-state index contributed by atoms with van der Waals surface area (Å²) in [6, 6.07) is 0.308. The lowest BCUT2D eigenvalue weighted by Gasteiger charge is -2.14. The first kappa shape index (κ1) is 7.54. The van der Waals surface area contributed by atoms with Gasteiger partial charge in [0.2, 0.25) is 5.91 Å². The maximum absolute atomic E-state index is 11.1. The molecule has 3 heteroatoms. The van der Waals surface area contributed by atoms with Gasteiger partial charge in [-0.15, -0.1) is 0 Å². The zero-order chi connectivity index (χ0) is 7.56. The monoisotopic (exact) mass is 142 g/mol. The Hall–Kier alpha value is -0.570. The van der Waals surface area contributed by atoms with Crippen LogP contribution in [0.4, 0.5) is 0 Å². The Balaban J connectivity index is 2.55. The van der Waals surface area contributed by atoms with Crippen LogP contribution in [0.1, 0.15) is 13.8 Å². The number of amides is 1. The Labute approximate surface area is 61.2 Å². The Morgan fingerprint density at radius 2 is 2.10 bits per heavy atom. The van der Waals surface area contributed by atoms with Crippen molar-refractivity contribution in [2.24, 2.45) is 5.92 Å². The molecule has 0 radical (unpaired) electrons. The second-order valence-electron chi connectivity index (χ2n) is 2.82. The van der Waals surface area contributed by atoms with E-state index in [1.165, 1.54) is 0 Å². The second kappa shape index (κ2) is 3.01. The maximum Gasteiger partial charge on any atom is 0.224 e. The van der Waals surface area contributed by atoms with E-state index < -0.39 is 0 Å². The van der Waals surface area contributed by atoms with E-state index in [-0.39, 0.29) is 11.8 Å². The molecule has 1 aliphatic rings. The number of rotatable bonds is 0. The minimum absolute atomic E-state index is 0.0995. The van der Waals surface area contributed by atoms with Gasteiger partial charge in [-0.2, -0.15) is 0 Å². The molecule has 1 amide bonds. The zero-order valence-electron chi connectivity index (χ0n) is 6.48. The fourth-order valence-electron chi connectivity index (χ4n) is 1.05. The molecular weight excluding hydrogens is 128 g/mol. The van der Waals surface area contributed by atoms with Gasteiger partial charge in [-0.1, -0.05) is 6.92 Å². The molecule has 0 bridgehead atoms. The molecule has 58 valence electrons. The molecule has 0 aromatic carbocycles. The standard InChI is InChI=1S/C7H14N2O/c1-5-6(2)8-3-4-9-7(5)10/h5-6,8H,3-4H2,1-2H3,(H,9,10). The van der Waals surface area contributed by atoms with Gasteiger partial charge in [0.05, 0.1) is 5.92 Å². The molecule has 1 rings (SSSR count). The quantitative estimate of drug-likeness (QED) is 0.489. The summed E-state index contributed by atoms with van der Waals surface area (Å²) in [5.74, 6) is 0.264. The van der Waals surface area contributed by atoms with Gasteiger partial charge in [0, 0.05) is 19.1 Å². The molecule has 1 heterocycles. The molecule has 0 aromatic heterocycles. The van der Waals surface area contributed by atoms with E-state index in [1.807, 2.05) is 13.8 Å². The van der Waals surface area contributed by atoms with Crippen LogP contribution >= 0.6 is 0 Å². The van der Waals surface area contributed by atoms with Gasteiger partial charge >= 0.3 is 0 Å². The predicted octanol–water partition coefficient (Wildman–Crippen LogP) is -0.270. The van der Waals surface area contributed by atoms with Gasteiger partial charge in [-0.25, -0.2) is 0 Å². The van der Waals surface area contributed by atoms with Gasteiger partial charge in [-0.05, 0) is 6.92 Å². The third-order valence-electron chi connectivity index (χ3n) is 2.05. The van der Waals surface area contributed by atoms with Crippen LogP contribution in [0, 0.1) is 5.92 Å². The molecular formula is C7H14N2O. The molecule has 0 spiro atoms. The van der Waals surface area contributed by atoms with Crippen LogP contribution in [0.25, 0.3) is 0 Å². The van der Waals surface area contributed by atoms with E-state index in [0.717, 1.165) is 13.1 Å². The van der Waals surface area contributed by atoms with Crippen molar-refractivity contribution in [2.45, 2.75) is 19.9 Å². The number of hydrogen-bond donors (Lipinski definition) is 2. The molecule has 2 atom stereocenters. The van der Waals surface area contributed by atoms with E-state index >= 15 is 0 Å². The van der Waals surface area contributed by atoms with Crippen molar-refractivity contribution < 1.29 is 4.79 Å². The van der Waals surface area contributed by atoms with E-state index in [4.69, 9.17) is 0 Å². The van der Waals surface area contributed by atoms with Crippen molar-refractivity contribution >= 4 is 5.91 Å². The normalized spacial score (nSPS) is 34.8. The minimum Gasteiger partial charge on any atom is -0.355 e. The van der Waals surface area contributed by atoms with Crippen LogP contribution < -0.4 is 10.6 Å². The first-order valence-corrected chi connectivity index (χ1v) is 3.73. The molecule has 1 saturated heterocycles. The van der Waals surface area contributed by atoms with Crippen molar-refractivity contribution in [2.75, 3.05) is 13.1 Å². The summed E-state index contributed by atoms with van der Waals surface area (Å²) in [6.45, 7) is 5.62. The summed E-state index contributed by atoms with van der Waals surface area (Å²) < 4.78 is 0. The van der Waals surface area contributed by atoms with Crippen LogP contribution in [0.5, 0.6) is 0 Å². The average molecular weight is 142 g/mol. The molecule has 2 N–H and O–H groups in total. The zero-order valence-corrected chi connectivity index (χ0v) is 6.48. The molecule has 3 nitrogen and oxygen atoms in total. The lowest BCUT2D eigenvalue weighted by molar-refractivity contribution is -0.124. The summed E-state index contributed by atoms with van der Waals surface area (Å²) in [7, 11) is 0. The highest BCUT2D eigenvalue weighted by Crippen LogP contribution is 2.03. The minimum atomic E-state index is 0.0995. The number of carbonyl (C=O) groups is 1. The molecule has 0 aromatic rings. The lowest BCUT2D eigenvalue weighted by Crippen LogP contribution is -2.35. The van der Waals surface area contributed by atoms with E-state index in [2.05, 4.69) is 10.6 Å². The van der Waals surface area contributed by atoms with Gasteiger partial charge in [0.25, 0.3) is 0 Å². The van der Waals surface area contributed by atoms with Crippen LogP contribution in [0.3, 0.4) is 0 Å². The van der Waals surface area contributed by atoms with Crippen molar-refractivity contribution in [1.82, 2.24) is 10.6 Å². The van der Waals surface area contributed by atoms with Crippen molar-refractivity contribution in [3.8, 4) is 0 Å². The second-order valence-corrected chi connectivity index (χ2v) is 2.82. The first-order chi connectivity index (χ1) is 4.72. The fourth-order valence-corrected chi connectivity index (χ4v) is 1.05. The van der Waals surface area contributed by atoms with Gasteiger partial charge in [0.1, 0.15) is 0 Å². The number of hydrogen-bond acceptors (Lipinski definition) is 2. The third-order valence-corrected chi connectivity index (χ3v) is 2.05. The summed E-state index contributed by atoms with van der Waals surface area (Å²) in [5, 5.41) is 6.06. The summed E-state index contributed by atoms with van der Waals surface area (Å²) >= 11 is 0. The van der Waals surface area contributed by atoms with Crippen LogP contribution in [-0.2, 0) is 4.79 Å². The highest BCUT2D eigenvalue weighted by molar-refractivity contribution is 5.79. The molecule has 2 unspecified atom stereocenters. The molecule has 0 saturated carbocycles. The molecule has 1 fully saturated rings. The predicted molar refractivity (Wildman–Crippen MR) is 39.6 cm³/mol. The van der Waals surface area contributed by atoms with E-state index in [0.29, 0.717) is 6.04 Å².